The van der Waals surface area contributed by atoms with E-state index in [4.69, 9.17) is 10.8 Å². The summed E-state index contributed by atoms with van der Waals surface area (Å²) in [6.45, 7) is 1.73. The molecule has 4 unspecified atom stereocenters. The summed E-state index contributed by atoms with van der Waals surface area (Å²) in [6.07, 6.45) is 6.66. The standard InChI is InChI=1S/C19H30N6O5S/c1-11(19(29)30)23-17(27)15-4-3-6-25(15)18(28)14(5-7-31-2)24-16(26)13(20)8-12-9-21-10-22-12/h9-11,13-15H,3-8,20H2,1-2H3,(H,21,22)(H,23,27)(H,24,26)(H,29,30). The van der Waals surface area contributed by atoms with E-state index in [1.807, 2.05) is 6.26 Å². The Hall–Kier alpha value is -2.60. The number of nitrogens with one attached hydrogen (secondary N) is 3. The number of rotatable bonds is 11. The average Bonchev–Trinajstić information content (AvgIpc) is 3.42. The van der Waals surface area contributed by atoms with E-state index in [2.05, 4.69) is 20.6 Å². The molecule has 2 heterocycles. The maximum absolute atomic E-state index is 13.2. The highest BCUT2D eigenvalue weighted by atomic mass is 32.2. The van der Waals surface area contributed by atoms with Gasteiger partial charge < -0.3 is 31.4 Å². The second kappa shape index (κ2) is 11.7. The summed E-state index contributed by atoms with van der Waals surface area (Å²) in [7, 11) is 0. The molecule has 1 saturated heterocycles. The third-order valence-electron chi connectivity index (χ3n) is 5.12. The predicted octanol–water partition coefficient (Wildman–Crippen LogP) is -0.902. The molecule has 1 aliphatic heterocycles. The number of likely N-dealkylation sites (tertiary alicyclic amines) is 1. The Kier molecular flexibility index (Phi) is 9.31. The number of carbonyl (C=O) groups excluding carboxylic acids is 3. The van der Waals surface area contributed by atoms with Crippen LogP contribution in [0.15, 0.2) is 12.5 Å². The maximum Gasteiger partial charge on any atom is 0.325 e. The Morgan fingerprint density at radius 3 is 2.74 bits per heavy atom. The summed E-state index contributed by atoms with van der Waals surface area (Å²) >= 11 is 1.54. The monoisotopic (exact) mass is 454 g/mol. The van der Waals surface area contributed by atoms with Gasteiger partial charge in [-0.15, -0.1) is 0 Å². The number of aliphatic carboxylic acids is 1. The van der Waals surface area contributed by atoms with E-state index in [0.29, 0.717) is 37.3 Å². The third-order valence-corrected chi connectivity index (χ3v) is 5.77. The minimum Gasteiger partial charge on any atom is -0.480 e. The van der Waals surface area contributed by atoms with Crippen LogP contribution < -0.4 is 16.4 Å². The SMILES string of the molecule is CSCCC(NC(=O)C(N)Cc1cnc[nH]1)C(=O)N1CCCC1C(=O)NC(C)C(=O)O. The minimum atomic E-state index is -1.15. The van der Waals surface area contributed by atoms with Crippen LogP contribution >= 0.6 is 11.8 Å². The molecule has 0 aliphatic carbocycles. The van der Waals surface area contributed by atoms with Crippen LogP contribution in [0, 0.1) is 0 Å². The molecule has 3 amide bonds. The summed E-state index contributed by atoms with van der Waals surface area (Å²) < 4.78 is 0. The van der Waals surface area contributed by atoms with Gasteiger partial charge in [0.1, 0.15) is 18.1 Å². The van der Waals surface area contributed by atoms with E-state index in [9.17, 15) is 19.2 Å². The number of carbonyl (C=O) groups is 4. The molecule has 12 heteroatoms. The van der Waals surface area contributed by atoms with Crippen molar-refractivity contribution in [2.24, 2.45) is 5.73 Å². The Morgan fingerprint density at radius 1 is 1.39 bits per heavy atom. The quantitative estimate of drug-likeness (QED) is 0.286. The van der Waals surface area contributed by atoms with E-state index >= 15 is 0 Å². The van der Waals surface area contributed by atoms with Gasteiger partial charge in [-0.1, -0.05) is 0 Å². The van der Waals surface area contributed by atoms with Crippen LogP contribution in [0.2, 0.25) is 0 Å². The van der Waals surface area contributed by atoms with Gasteiger partial charge in [0, 0.05) is 24.9 Å². The van der Waals surface area contributed by atoms with Gasteiger partial charge in [-0.05, 0) is 38.2 Å². The smallest absolute Gasteiger partial charge is 0.325 e. The number of nitrogens with two attached hydrogens (primary N) is 1. The maximum atomic E-state index is 13.2. The number of thioether (sulfide) groups is 1. The molecule has 1 fully saturated rings. The van der Waals surface area contributed by atoms with Crippen LogP contribution in [0.5, 0.6) is 0 Å². The number of amides is 3. The van der Waals surface area contributed by atoms with Crippen molar-refractivity contribution in [1.29, 1.82) is 0 Å². The number of hydrogen-bond acceptors (Lipinski definition) is 7. The zero-order valence-corrected chi connectivity index (χ0v) is 18.5. The van der Waals surface area contributed by atoms with Crippen LogP contribution in [0.4, 0.5) is 0 Å². The molecule has 31 heavy (non-hydrogen) atoms. The number of aromatic amines is 1. The van der Waals surface area contributed by atoms with Gasteiger partial charge in [-0.25, -0.2) is 4.98 Å². The molecule has 6 N–H and O–H groups in total. The highest BCUT2D eigenvalue weighted by Gasteiger charge is 2.38. The van der Waals surface area contributed by atoms with Crippen molar-refractivity contribution in [3.63, 3.8) is 0 Å². The molecule has 1 aromatic heterocycles. The van der Waals surface area contributed by atoms with E-state index in [0.717, 1.165) is 0 Å². The summed E-state index contributed by atoms with van der Waals surface area (Å²) in [5, 5.41) is 14.2. The topological polar surface area (TPSA) is 171 Å². The number of aromatic nitrogens is 2. The van der Waals surface area contributed by atoms with Crippen LogP contribution in [-0.4, -0.2) is 86.4 Å². The van der Waals surface area contributed by atoms with Crippen LogP contribution in [0.25, 0.3) is 0 Å². The molecule has 1 aromatic rings. The second-order valence-corrected chi connectivity index (χ2v) is 8.47. The van der Waals surface area contributed by atoms with E-state index in [-0.39, 0.29) is 12.3 Å². The predicted molar refractivity (Wildman–Crippen MR) is 115 cm³/mol. The molecule has 0 aromatic carbocycles. The summed E-state index contributed by atoms with van der Waals surface area (Å²) in [4.78, 5) is 57.6. The van der Waals surface area contributed by atoms with Crippen LogP contribution in [0.3, 0.4) is 0 Å². The van der Waals surface area contributed by atoms with Crippen LogP contribution in [0.1, 0.15) is 31.9 Å². The first-order chi connectivity index (χ1) is 14.7. The number of hydrogen-bond donors (Lipinski definition) is 5. The number of imidazole rings is 1. The fourth-order valence-corrected chi connectivity index (χ4v) is 3.84. The van der Waals surface area contributed by atoms with Gasteiger partial charge >= 0.3 is 5.97 Å². The number of nitrogens with zero attached hydrogens (tertiary/aromatic N) is 2. The zero-order valence-electron chi connectivity index (χ0n) is 17.7. The summed E-state index contributed by atoms with van der Waals surface area (Å²) in [6, 6.07) is -3.50. The lowest BCUT2D eigenvalue weighted by Crippen LogP contribution is -2.56. The molecule has 11 nitrogen and oxygen atoms in total. The Labute approximate surface area is 184 Å². The van der Waals surface area contributed by atoms with Crippen molar-refractivity contribution < 1.29 is 24.3 Å². The van der Waals surface area contributed by atoms with Gasteiger partial charge in [0.15, 0.2) is 0 Å². The van der Waals surface area contributed by atoms with Crippen molar-refractivity contribution in [2.45, 2.75) is 56.8 Å². The molecule has 172 valence electrons. The van der Waals surface area contributed by atoms with Gasteiger partial charge in [0.05, 0.1) is 12.4 Å². The number of carboxylic acids is 1. The third kappa shape index (κ3) is 6.96. The fourth-order valence-electron chi connectivity index (χ4n) is 3.37. The normalized spacial score (nSPS) is 18.8. The molecule has 0 bridgehead atoms. The lowest BCUT2D eigenvalue weighted by Gasteiger charge is -2.29. The van der Waals surface area contributed by atoms with Crippen molar-refractivity contribution in [1.82, 2.24) is 25.5 Å². The number of H-pyrrole nitrogens is 1. The Morgan fingerprint density at radius 2 is 2.13 bits per heavy atom. The Balaban J connectivity index is 2.05. The van der Waals surface area contributed by atoms with Gasteiger partial charge in [0.2, 0.25) is 17.7 Å². The molecule has 0 spiro atoms. The largest absolute Gasteiger partial charge is 0.480 e. The average molecular weight is 455 g/mol. The van der Waals surface area contributed by atoms with Crippen molar-refractivity contribution in [3.8, 4) is 0 Å². The van der Waals surface area contributed by atoms with Gasteiger partial charge in [-0.2, -0.15) is 11.8 Å². The molecular weight excluding hydrogens is 424 g/mol. The number of carboxylic acid groups (broad SMARTS) is 1. The minimum absolute atomic E-state index is 0.247. The lowest BCUT2D eigenvalue weighted by atomic mass is 10.1. The molecular formula is C19H30N6O5S. The van der Waals surface area contributed by atoms with Gasteiger partial charge in [0.25, 0.3) is 0 Å². The fraction of sp³-hybridized carbons (Fsp3) is 0.632. The molecule has 0 radical (unpaired) electrons. The summed E-state index contributed by atoms with van der Waals surface area (Å²) in [5.41, 5.74) is 6.69. The van der Waals surface area contributed by atoms with Crippen LogP contribution in [-0.2, 0) is 25.6 Å². The zero-order chi connectivity index (χ0) is 23.0. The van der Waals surface area contributed by atoms with Gasteiger partial charge in [-0.3, -0.25) is 19.2 Å². The Bertz CT molecular complexity index is 774. The van der Waals surface area contributed by atoms with Crippen molar-refractivity contribution in [2.75, 3.05) is 18.6 Å². The lowest BCUT2D eigenvalue weighted by molar-refractivity contribution is -0.144. The first kappa shape index (κ1) is 24.7. The molecule has 2 rings (SSSR count). The van der Waals surface area contributed by atoms with Crippen molar-refractivity contribution in [3.05, 3.63) is 18.2 Å². The second-order valence-electron chi connectivity index (χ2n) is 7.49. The van der Waals surface area contributed by atoms with Crippen molar-refractivity contribution >= 4 is 35.5 Å². The summed E-state index contributed by atoms with van der Waals surface area (Å²) in [5.74, 6) is -1.86. The molecule has 0 saturated carbocycles. The highest BCUT2D eigenvalue weighted by Crippen LogP contribution is 2.20. The first-order valence-corrected chi connectivity index (χ1v) is 11.5. The van der Waals surface area contributed by atoms with E-state index in [1.165, 1.54) is 29.9 Å². The first-order valence-electron chi connectivity index (χ1n) is 10.1. The molecule has 4 atom stereocenters. The van der Waals surface area contributed by atoms with E-state index < -0.39 is 42.0 Å². The highest BCUT2D eigenvalue weighted by molar-refractivity contribution is 7.98. The van der Waals surface area contributed by atoms with E-state index in [1.54, 1.807) is 6.20 Å². The molecule has 1 aliphatic rings.